The quantitative estimate of drug-likeness (QED) is 0.578. The molecule has 0 aliphatic carbocycles. The average Bonchev–Trinajstić information content (AvgIpc) is 2.61. The van der Waals surface area contributed by atoms with E-state index < -0.39 is 15.9 Å². The molecular weight excluding hydrogens is 435 g/mol. The zero-order chi connectivity index (χ0) is 21.6. The fourth-order valence-corrected chi connectivity index (χ4v) is 4.87. The Balaban J connectivity index is 1.89. The van der Waals surface area contributed by atoms with E-state index in [-0.39, 0.29) is 12.4 Å². The summed E-state index contributed by atoms with van der Waals surface area (Å²) in [5.41, 5.74) is 2.71. The second kappa shape index (κ2) is 10.3. The third-order valence-corrected chi connectivity index (χ3v) is 6.65. The number of halogens is 2. The molecule has 0 saturated heterocycles. The van der Waals surface area contributed by atoms with E-state index in [9.17, 15) is 17.6 Å². The van der Waals surface area contributed by atoms with Gasteiger partial charge in [0.1, 0.15) is 12.4 Å². The molecule has 29 heavy (non-hydrogen) atoms. The highest BCUT2D eigenvalue weighted by Gasteiger charge is 2.22. The molecule has 0 aliphatic heterocycles. The van der Waals surface area contributed by atoms with Crippen LogP contribution in [0.25, 0.3) is 0 Å². The fraction of sp³-hybridized carbons (Fsp3) is 0.350. The molecule has 1 amide bonds. The molecule has 0 radical (unpaired) electrons. The van der Waals surface area contributed by atoms with Gasteiger partial charge in [0.15, 0.2) is 0 Å². The minimum Gasteiger partial charge on any atom is -0.354 e. The Hall–Kier alpha value is -1.77. The number of aryl methyl sites for hydroxylation is 2. The number of thioether (sulfide) groups is 1. The molecule has 2 aromatic rings. The number of nitrogens with zero attached hydrogens (tertiary/aromatic N) is 1. The van der Waals surface area contributed by atoms with Crippen LogP contribution in [0.3, 0.4) is 0 Å². The van der Waals surface area contributed by atoms with E-state index in [0.717, 1.165) is 21.7 Å². The van der Waals surface area contributed by atoms with Crippen molar-refractivity contribution in [2.75, 3.05) is 29.4 Å². The Bertz CT molecular complexity index is 963. The van der Waals surface area contributed by atoms with Crippen LogP contribution in [0.2, 0.25) is 5.02 Å². The van der Waals surface area contributed by atoms with E-state index in [0.29, 0.717) is 34.3 Å². The normalized spacial score (nSPS) is 11.3. The molecular formula is C20H24ClFN2O3S2. The largest absolute Gasteiger partial charge is 0.354 e. The molecule has 0 unspecified atom stereocenters. The van der Waals surface area contributed by atoms with Crippen LogP contribution in [0.1, 0.15) is 16.7 Å². The molecule has 158 valence electrons. The Morgan fingerprint density at radius 2 is 1.97 bits per heavy atom. The van der Waals surface area contributed by atoms with Gasteiger partial charge in [-0.3, -0.25) is 9.10 Å². The lowest BCUT2D eigenvalue weighted by molar-refractivity contribution is -0.119. The number of amides is 1. The predicted molar refractivity (Wildman–Crippen MR) is 119 cm³/mol. The number of anilines is 1. The minimum absolute atomic E-state index is 0.299. The van der Waals surface area contributed by atoms with Gasteiger partial charge in [-0.05, 0) is 37.6 Å². The molecule has 0 fully saturated rings. The standard InChI is InChI=1S/C20H24ClFN2O3S2/c1-14-7-8-19(15(2)11-14)24(29(3,26)27)12-20(25)23-9-10-28-13-16-17(21)5-4-6-18(16)22/h4-8,11H,9-10,12-13H2,1-3H3,(H,23,25). The van der Waals surface area contributed by atoms with Gasteiger partial charge in [0.25, 0.3) is 0 Å². The van der Waals surface area contributed by atoms with Crippen molar-refractivity contribution < 1.29 is 17.6 Å². The third-order valence-electron chi connectivity index (χ3n) is 4.19. The number of hydrogen-bond donors (Lipinski definition) is 1. The summed E-state index contributed by atoms with van der Waals surface area (Å²) in [6.07, 6.45) is 1.08. The zero-order valence-corrected chi connectivity index (χ0v) is 18.9. The third kappa shape index (κ3) is 6.90. The highest BCUT2D eigenvalue weighted by Crippen LogP contribution is 2.24. The van der Waals surface area contributed by atoms with Gasteiger partial charge in [0, 0.05) is 28.6 Å². The number of sulfonamides is 1. The van der Waals surface area contributed by atoms with Crippen LogP contribution in [0.4, 0.5) is 10.1 Å². The van der Waals surface area contributed by atoms with E-state index in [1.54, 1.807) is 18.2 Å². The average molecular weight is 459 g/mol. The highest BCUT2D eigenvalue weighted by molar-refractivity contribution is 7.98. The van der Waals surface area contributed by atoms with E-state index in [2.05, 4.69) is 5.32 Å². The Labute approximate surface area is 180 Å². The number of benzene rings is 2. The molecule has 1 N–H and O–H groups in total. The molecule has 2 aromatic carbocycles. The number of hydrogen-bond acceptors (Lipinski definition) is 4. The molecule has 0 heterocycles. The lowest BCUT2D eigenvalue weighted by Gasteiger charge is -2.24. The van der Waals surface area contributed by atoms with Crippen molar-refractivity contribution in [3.8, 4) is 0 Å². The van der Waals surface area contributed by atoms with Gasteiger partial charge in [-0.2, -0.15) is 11.8 Å². The van der Waals surface area contributed by atoms with Crippen molar-refractivity contribution >= 4 is 45.0 Å². The summed E-state index contributed by atoms with van der Waals surface area (Å²) in [5, 5.41) is 3.08. The van der Waals surface area contributed by atoms with Crippen LogP contribution >= 0.6 is 23.4 Å². The lowest BCUT2D eigenvalue weighted by atomic mass is 10.1. The summed E-state index contributed by atoms with van der Waals surface area (Å²) in [6, 6.07) is 9.92. The summed E-state index contributed by atoms with van der Waals surface area (Å²) in [6.45, 7) is 3.76. The molecule has 0 aliphatic rings. The lowest BCUT2D eigenvalue weighted by Crippen LogP contribution is -2.41. The van der Waals surface area contributed by atoms with Gasteiger partial charge in [-0.15, -0.1) is 0 Å². The molecule has 5 nitrogen and oxygen atoms in total. The molecule has 0 aromatic heterocycles. The summed E-state index contributed by atoms with van der Waals surface area (Å²) >= 11 is 7.42. The van der Waals surface area contributed by atoms with Crippen LogP contribution in [0.15, 0.2) is 36.4 Å². The summed E-state index contributed by atoms with van der Waals surface area (Å²) in [4.78, 5) is 12.3. The summed E-state index contributed by atoms with van der Waals surface area (Å²) in [7, 11) is -3.62. The maximum Gasteiger partial charge on any atom is 0.240 e. The fourth-order valence-electron chi connectivity index (χ4n) is 2.76. The maximum absolute atomic E-state index is 13.7. The summed E-state index contributed by atoms with van der Waals surface area (Å²) < 4.78 is 39.2. The number of nitrogens with one attached hydrogen (secondary N) is 1. The van der Waals surface area contributed by atoms with Crippen molar-refractivity contribution in [3.05, 3.63) is 63.9 Å². The van der Waals surface area contributed by atoms with E-state index >= 15 is 0 Å². The molecule has 2 rings (SSSR count). The zero-order valence-electron chi connectivity index (χ0n) is 16.5. The van der Waals surface area contributed by atoms with Crippen molar-refractivity contribution in [1.29, 1.82) is 0 Å². The molecule has 0 atom stereocenters. The van der Waals surface area contributed by atoms with Crippen LogP contribution in [-0.4, -0.2) is 39.4 Å². The first-order valence-electron chi connectivity index (χ1n) is 8.92. The topological polar surface area (TPSA) is 66.5 Å². The first kappa shape index (κ1) is 23.5. The molecule has 0 bridgehead atoms. The van der Waals surface area contributed by atoms with Crippen molar-refractivity contribution in [3.63, 3.8) is 0 Å². The van der Waals surface area contributed by atoms with Crippen LogP contribution in [0, 0.1) is 19.7 Å². The van der Waals surface area contributed by atoms with Gasteiger partial charge in [0.2, 0.25) is 15.9 Å². The SMILES string of the molecule is Cc1ccc(N(CC(=O)NCCSCc2c(F)cccc2Cl)S(C)(=O)=O)c(C)c1. The summed E-state index contributed by atoms with van der Waals surface area (Å²) in [5.74, 6) is 0.171. The van der Waals surface area contributed by atoms with Crippen LogP contribution in [-0.2, 0) is 20.6 Å². The molecule has 0 saturated carbocycles. The van der Waals surface area contributed by atoms with Crippen LogP contribution < -0.4 is 9.62 Å². The van der Waals surface area contributed by atoms with E-state index in [1.807, 2.05) is 26.0 Å². The minimum atomic E-state index is -3.62. The van der Waals surface area contributed by atoms with Crippen molar-refractivity contribution in [1.82, 2.24) is 5.32 Å². The highest BCUT2D eigenvalue weighted by atomic mass is 35.5. The van der Waals surface area contributed by atoms with E-state index in [4.69, 9.17) is 11.6 Å². The number of rotatable bonds is 9. The van der Waals surface area contributed by atoms with Crippen molar-refractivity contribution in [2.45, 2.75) is 19.6 Å². The van der Waals surface area contributed by atoms with Gasteiger partial charge < -0.3 is 5.32 Å². The molecule has 9 heteroatoms. The van der Waals surface area contributed by atoms with Gasteiger partial charge in [-0.25, -0.2) is 12.8 Å². The maximum atomic E-state index is 13.7. The predicted octanol–water partition coefficient (Wildman–Crippen LogP) is 3.91. The monoisotopic (exact) mass is 458 g/mol. The Morgan fingerprint density at radius 1 is 1.24 bits per heavy atom. The number of carbonyl (C=O) groups is 1. The Kier molecular flexibility index (Phi) is 8.36. The van der Waals surface area contributed by atoms with Crippen molar-refractivity contribution in [2.24, 2.45) is 0 Å². The smallest absolute Gasteiger partial charge is 0.240 e. The van der Waals surface area contributed by atoms with Gasteiger partial charge in [-0.1, -0.05) is 35.4 Å². The van der Waals surface area contributed by atoms with Gasteiger partial charge >= 0.3 is 0 Å². The first-order valence-corrected chi connectivity index (χ1v) is 12.3. The van der Waals surface area contributed by atoms with Crippen LogP contribution in [0.5, 0.6) is 0 Å². The number of carbonyl (C=O) groups excluding carboxylic acids is 1. The second-order valence-electron chi connectivity index (χ2n) is 6.66. The first-order chi connectivity index (χ1) is 13.6. The van der Waals surface area contributed by atoms with E-state index in [1.165, 1.54) is 17.8 Å². The van der Waals surface area contributed by atoms with Gasteiger partial charge in [0.05, 0.1) is 11.9 Å². The molecule has 0 spiro atoms. The second-order valence-corrected chi connectivity index (χ2v) is 10.1. The Morgan fingerprint density at radius 3 is 2.59 bits per heavy atom.